The number of nitrogens with zero attached hydrogens (tertiary/aromatic N) is 1. The molecule has 0 radical (unpaired) electrons. The lowest BCUT2D eigenvalue weighted by atomic mass is 10.2. The summed E-state index contributed by atoms with van der Waals surface area (Å²) in [7, 11) is 0. The average Bonchev–Trinajstić information content (AvgIpc) is 2.97. The van der Waals surface area contributed by atoms with Crippen molar-refractivity contribution < 1.29 is 23.9 Å². The Hall–Kier alpha value is -1.79. The van der Waals surface area contributed by atoms with Crippen molar-refractivity contribution in [3.8, 4) is 0 Å². The summed E-state index contributed by atoms with van der Waals surface area (Å²) in [6, 6.07) is -0.530. The fourth-order valence-electron chi connectivity index (χ4n) is 2.10. The molecule has 0 saturated carbocycles. The molecule has 0 aromatic heterocycles. The van der Waals surface area contributed by atoms with Gasteiger partial charge in [0.25, 0.3) is 0 Å². The second-order valence-corrected chi connectivity index (χ2v) is 4.90. The normalized spacial score (nSPS) is 17.4. The molecule has 0 aliphatic carbocycles. The first-order valence-electron chi connectivity index (χ1n) is 7.46. The molecule has 1 unspecified atom stereocenters. The maximum atomic E-state index is 12.1. The Bertz CT molecular complexity index is 372. The van der Waals surface area contributed by atoms with E-state index in [2.05, 4.69) is 5.32 Å². The molecular formula is C14H24N2O5. The lowest BCUT2D eigenvalue weighted by molar-refractivity contribution is -0.153. The number of rotatable bonds is 7. The number of esters is 1. The van der Waals surface area contributed by atoms with Gasteiger partial charge in [0.1, 0.15) is 12.6 Å². The molecule has 1 aliphatic heterocycles. The van der Waals surface area contributed by atoms with E-state index in [1.807, 2.05) is 13.8 Å². The summed E-state index contributed by atoms with van der Waals surface area (Å²) in [6.45, 7) is 4.82. The molecule has 0 aromatic rings. The van der Waals surface area contributed by atoms with Crippen LogP contribution in [0.3, 0.4) is 0 Å². The standard InChI is InChI=1S/C14H24N2O5/c1-3-8-20-13(18)11-6-5-7-16(11)12(17)10-15-14(19)21-9-4-2/h11H,3-10H2,1-2H3,(H,15,19). The summed E-state index contributed by atoms with van der Waals surface area (Å²) >= 11 is 0. The smallest absolute Gasteiger partial charge is 0.407 e. The highest BCUT2D eigenvalue weighted by Gasteiger charge is 2.35. The second kappa shape index (κ2) is 9.20. The summed E-state index contributed by atoms with van der Waals surface area (Å²) in [4.78, 5) is 36.7. The van der Waals surface area contributed by atoms with Crippen LogP contribution >= 0.6 is 0 Å². The lowest BCUT2D eigenvalue weighted by Crippen LogP contribution is -2.46. The summed E-state index contributed by atoms with van der Waals surface area (Å²) in [5.74, 6) is -0.657. The number of carbonyl (C=O) groups excluding carboxylic acids is 3. The van der Waals surface area contributed by atoms with Crippen molar-refractivity contribution in [2.45, 2.75) is 45.6 Å². The van der Waals surface area contributed by atoms with Crippen LogP contribution in [0.25, 0.3) is 0 Å². The van der Waals surface area contributed by atoms with Gasteiger partial charge < -0.3 is 19.7 Å². The number of nitrogens with one attached hydrogen (secondary N) is 1. The number of hydrogen-bond donors (Lipinski definition) is 1. The fourth-order valence-corrected chi connectivity index (χ4v) is 2.10. The molecule has 0 bridgehead atoms. The molecule has 21 heavy (non-hydrogen) atoms. The minimum absolute atomic E-state index is 0.167. The molecule has 1 N–H and O–H groups in total. The monoisotopic (exact) mass is 300 g/mol. The van der Waals surface area contributed by atoms with Crippen LogP contribution in [-0.4, -0.2) is 55.2 Å². The number of ether oxygens (including phenoxy) is 2. The maximum absolute atomic E-state index is 12.1. The van der Waals surface area contributed by atoms with Crippen LogP contribution in [0, 0.1) is 0 Å². The highest BCUT2D eigenvalue weighted by Crippen LogP contribution is 2.18. The van der Waals surface area contributed by atoms with E-state index >= 15 is 0 Å². The van der Waals surface area contributed by atoms with Gasteiger partial charge in [0, 0.05) is 6.54 Å². The van der Waals surface area contributed by atoms with Gasteiger partial charge in [0.15, 0.2) is 0 Å². The highest BCUT2D eigenvalue weighted by molar-refractivity contribution is 5.87. The molecule has 1 aliphatic rings. The summed E-state index contributed by atoms with van der Waals surface area (Å²) in [5.41, 5.74) is 0. The van der Waals surface area contributed by atoms with Gasteiger partial charge in [-0.3, -0.25) is 4.79 Å². The molecule has 7 nitrogen and oxygen atoms in total. The Morgan fingerprint density at radius 2 is 1.81 bits per heavy atom. The van der Waals surface area contributed by atoms with Crippen LogP contribution in [0.5, 0.6) is 0 Å². The van der Waals surface area contributed by atoms with E-state index in [0.29, 0.717) is 26.2 Å². The first-order valence-corrected chi connectivity index (χ1v) is 7.46. The molecule has 1 saturated heterocycles. The van der Waals surface area contributed by atoms with E-state index < -0.39 is 12.1 Å². The number of hydrogen-bond acceptors (Lipinski definition) is 5. The van der Waals surface area contributed by atoms with Crippen LogP contribution in [-0.2, 0) is 19.1 Å². The predicted molar refractivity (Wildman–Crippen MR) is 75.6 cm³/mol. The summed E-state index contributed by atoms with van der Waals surface area (Å²) < 4.78 is 9.91. The zero-order chi connectivity index (χ0) is 15.7. The molecule has 2 amide bonds. The molecule has 0 spiro atoms. The molecule has 0 aromatic carbocycles. The predicted octanol–water partition coefficient (Wildman–Crippen LogP) is 1.07. The van der Waals surface area contributed by atoms with Crippen LogP contribution in [0.2, 0.25) is 0 Å². The van der Waals surface area contributed by atoms with Gasteiger partial charge in [0.2, 0.25) is 5.91 Å². The van der Waals surface area contributed by atoms with Gasteiger partial charge in [-0.25, -0.2) is 9.59 Å². The Morgan fingerprint density at radius 3 is 2.48 bits per heavy atom. The van der Waals surface area contributed by atoms with Crippen molar-refractivity contribution in [2.24, 2.45) is 0 Å². The van der Waals surface area contributed by atoms with Gasteiger partial charge in [-0.05, 0) is 25.7 Å². The van der Waals surface area contributed by atoms with Crippen LogP contribution < -0.4 is 5.32 Å². The van der Waals surface area contributed by atoms with E-state index in [1.54, 1.807) is 0 Å². The van der Waals surface area contributed by atoms with E-state index in [-0.39, 0.29) is 18.4 Å². The minimum Gasteiger partial charge on any atom is -0.464 e. The van der Waals surface area contributed by atoms with Crippen LogP contribution in [0.15, 0.2) is 0 Å². The second-order valence-electron chi connectivity index (χ2n) is 4.90. The fraction of sp³-hybridized carbons (Fsp3) is 0.786. The maximum Gasteiger partial charge on any atom is 0.407 e. The van der Waals surface area contributed by atoms with Crippen molar-refractivity contribution in [1.82, 2.24) is 10.2 Å². The van der Waals surface area contributed by atoms with Gasteiger partial charge >= 0.3 is 12.1 Å². The van der Waals surface area contributed by atoms with Crippen LogP contribution in [0.4, 0.5) is 4.79 Å². The van der Waals surface area contributed by atoms with Gasteiger partial charge in [-0.15, -0.1) is 0 Å². The van der Waals surface area contributed by atoms with Crippen molar-refractivity contribution in [1.29, 1.82) is 0 Å². The van der Waals surface area contributed by atoms with Crippen molar-refractivity contribution >= 4 is 18.0 Å². The molecule has 1 heterocycles. The number of likely N-dealkylation sites (tertiary alicyclic amines) is 1. The molecular weight excluding hydrogens is 276 g/mol. The van der Waals surface area contributed by atoms with Crippen molar-refractivity contribution in [3.63, 3.8) is 0 Å². The average molecular weight is 300 g/mol. The quantitative estimate of drug-likeness (QED) is 0.711. The molecule has 1 fully saturated rings. The topological polar surface area (TPSA) is 84.9 Å². The SMILES string of the molecule is CCCOC(=O)NCC(=O)N1CCCC1C(=O)OCCC. The zero-order valence-corrected chi connectivity index (χ0v) is 12.7. The van der Waals surface area contributed by atoms with E-state index in [0.717, 1.165) is 19.3 Å². The minimum atomic E-state index is -0.616. The van der Waals surface area contributed by atoms with E-state index in [1.165, 1.54) is 4.90 Å². The Balaban J connectivity index is 2.41. The molecule has 7 heteroatoms. The van der Waals surface area contributed by atoms with E-state index in [9.17, 15) is 14.4 Å². The first kappa shape index (κ1) is 17.3. The molecule has 1 atom stereocenters. The third kappa shape index (κ3) is 5.61. The number of alkyl carbamates (subject to hydrolysis) is 1. The molecule has 120 valence electrons. The van der Waals surface area contributed by atoms with E-state index in [4.69, 9.17) is 9.47 Å². The first-order chi connectivity index (χ1) is 10.1. The van der Waals surface area contributed by atoms with Crippen molar-refractivity contribution in [2.75, 3.05) is 26.3 Å². The largest absolute Gasteiger partial charge is 0.464 e. The Morgan fingerprint density at radius 1 is 1.14 bits per heavy atom. The summed E-state index contributed by atoms with van der Waals surface area (Å²) in [6.07, 6.45) is 2.22. The zero-order valence-electron chi connectivity index (χ0n) is 12.7. The third-order valence-electron chi connectivity index (χ3n) is 3.11. The van der Waals surface area contributed by atoms with Crippen molar-refractivity contribution in [3.05, 3.63) is 0 Å². The highest BCUT2D eigenvalue weighted by atomic mass is 16.5. The van der Waals surface area contributed by atoms with Gasteiger partial charge in [-0.1, -0.05) is 13.8 Å². The van der Waals surface area contributed by atoms with Gasteiger partial charge in [-0.2, -0.15) is 0 Å². The summed E-state index contributed by atoms with van der Waals surface area (Å²) in [5, 5.41) is 2.39. The third-order valence-corrected chi connectivity index (χ3v) is 3.11. The van der Waals surface area contributed by atoms with Crippen LogP contribution in [0.1, 0.15) is 39.5 Å². The number of carbonyl (C=O) groups is 3. The van der Waals surface area contributed by atoms with Gasteiger partial charge in [0.05, 0.1) is 13.2 Å². The lowest BCUT2D eigenvalue weighted by Gasteiger charge is -2.23. The Labute approximate surface area is 124 Å². The number of amides is 2. The molecule has 1 rings (SSSR count). The Kier molecular flexibility index (Phi) is 7.56.